The summed E-state index contributed by atoms with van der Waals surface area (Å²) in [6, 6.07) is 13.6. The van der Waals surface area contributed by atoms with Gasteiger partial charge in [0.05, 0.1) is 12.8 Å². The Morgan fingerprint density at radius 1 is 1.14 bits per heavy atom. The molecule has 0 aliphatic carbocycles. The number of fused-ring (bicyclic) bond motifs is 2. The molecule has 104 valence electrons. The van der Waals surface area contributed by atoms with Gasteiger partial charge >= 0.3 is 7.05 Å². The SMILES string of the molecule is OB1c2cc3c(cc2C=NN1Cc1ccccc1)OCO3. The first kappa shape index (κ1) is 12.3. The molecule has 0 radical (unpaired) electrons. The molecule has 6 heteroatoms. The number of hydrazone groups is 1. The second kappa shape index (κ2) is 4.82. The van der Waals surface area contributed by atoms with Gasteiger partial charge in [-0.25, -0.2) is 0 Å². The maximum absolute atomic E-state index is 10.5. The van der Waals surface area contributed by atoms with Crippen LogP contribution in [-0.4, -0.2) is 30.0 Å². The molecular formula is C15H13BN2O3. The molecule has 2 heterocycles. The van der Waals surface area contributed by atoms with Crippen molar-refractivity contribution in [3.8, 4) is 11.5 Å². The van der Waals surface area contributed by atoms with Crippen molar-refractivity contribution in [1.82, 2.24) is 4.92 Å². The molecule has 5 nitrogen and oxygen atoms in total. The van der Waals surface area contributed by atoms with E-state index in [1.165, 1.54) is 0 Å². The van der Waals surface area contributed by atoms with Crippen molar-refractivity contribution < 1.29 is 14.5 Å². The third-order valence-electron chi connectivity index (χ3n) is 3.67. The molecule has 2 aromatic rings. The Morgan fingerprint density at radius 3 is 2.71 bits per heavy atom. The average Bonchev–Trinajstić information content (AvgIpc) is 2.97. The molecule has 0 fully saturated rings. The van der Waals surface area contributed by atoms with E-state index in [9.17, 15) is 5.02 Å². The molecule has 4 rings (SSSR count). The van der Waals surface area contributed by atoms with Crippen molar-refractivity contribution in [2.45, 2.75) is 6.54 Å². The third-order valence-corrected chi connectivity index (χ3v) is 3.67. The summed E-state index contributed by atoms with van der Waals surface area (Å²) in [5.41, 5.74) is 2.74. The minimum Gasteiger partial charge on any atom is -0.454 e. The van der Waals surface area contributed by atoms with E-state index < -0.39 is 7.05 Å². The van der Waals surface area contributed by atoms with Gasteiger partial charge in [0, 0.05) is 0 Å². The first-order chi connectivity index (χ1) is 10.3. The summed E-state index contributed by atoms with van der Waals surface area (Å²) < 4.78 is 10.7. The predicted octanol–water partition coefficient (Wildman–Crippen LogP) is 0.952. The van der Waals surface area contributed by atoms with Gasteiger partial charge in [-0.05, 0) is 28.7 Å². The molecule has 1 N–H and O–H groups in total. The van der Waals surface area contributed by atoms with Gasteiger partial charge in [0.25, 0.3) is 0 Å². The lowest BCUT2D eigenvalue weighted by atomic mass is 9.69. The van der Waals surface area contributed by atoms with E-state index in [2.05, 4.69) is 5.10 Å². The van der Waals surface area contributed by atoms with Crippen LogP contribution in [0, 0.1) is 0 Å². The van der Waals surface area contributed by atoms with Gasteiger partial charge < -0.3 is 19.4 Å². The first-order valence-corrected chi connectivity index (χ1v) is 6.77. The van der Waals surface area contributed by atoms with Crippen LogP contribution in [0.25, 0.3) is 0 Å². The van der Waals surface area contributed by atoms with Crippen LogP contribution in [0.4, 0.5) is 0 Å². The maximum Gasteiger partial charge on any atom is 0.467 e. The van der Waals surface area contributed by atoms with Crippen molar-refractivity contribution >= 4 is 18.7 Å². The van der Waals surface area contributed by atoms with Gasteiger partial charge in [-0.15, -0.1) is 0 Å². The minimum absolute atomic E-state index is 0.221. The predicted molar refractivity (Wildman–Crippen MR) is 79.8 cm³/mol. The van der Waals surface area contributed by atoms with Gasteiger partial charge in [0.1, 0.15) is 0 Å². The molecule has 0 bridgehead atoms. The normalized spacial score (nSPS) is 15.3. The highest BCUT2D eigenvalue weighted by Crippen LogP contribution is 2.32. The number of hydrogen-bond donors (Lipinski definition) is 1. The van der Waals surface area contributed by atoms with Gasteiger partial charge in [-0.2, -0.15) is 5.10 Å². The summed E-state index contributed by atoms with van der Waals surface area (Å²) in [7, 11) is -0.792. The van der Waals surface area contributed by atoms with Crippen molar-refractivity contribution in [2.75, 3.05) is 6.79 Å². The molecule has 2 aliphatic heterocycles. The Kier molecular flexibility index (Phi) is 2.82. The first-order valence-electron chi connectivity index (χ1n) is 6.77. The molecular weight excluding hydrogens is 267 g/mol. The molecule has 0 unspecified atom stereocenters. The summed E-state index contributed by atoms with van der Waals surface area (Å²) >= 11 is 0. The number of ether oxygens (including phenoxy) is 2. The topological polar surface area (TPSA) is 54.3 Å². The summed E-state index contributed by atoms with van der Waals surface area (Å²) in [4.78, 5) is 1.65. The van der Waals surface area contributed by atoms with Crippen molar-refractivity contribution in [1.29, 1.82) is 0 Å². The highest BCUT2D eigenvalue weighted by Gasteiger charge is 2.31. The zero-order valence-electron chi connectivity index (χ0n) is 11.3. The fraction of sp³-hybridized carbons (Fsp3) is 0.133. The Hall–Kier alpha value is -2.47. The monoisotopic (exact) mass is 280 g/mol. The zero-order chi connectivity index (χ0) is 14.2. The number of rotatable bonds is 2. The van der Waals surface area contributed by atoms with Crippen molar-refractivity contribution in [3.63, 3.8) is 0 Å². The van der Waals surface area contributed by atoms with E-state index in [-0.39, 0.29) is 6.79 Å². The van der Waals surface area contributed by atoms with E-state index in [1.54, 1.807) is 11.1 Å². The molecule has 0 saturated heterocycles. The van der Waals surface area contributed by atoms with Crippen LogP contribution in [0.5, 0.6) is 11.5 Å². The van der Waals surface area contributed by atoms with Gasteiger partial charge in [0.2, 0.25) is 6.79 Å². The molecule has 0 spiro atoms. The molecule has 2 aliphatic rings. The van der Waals surface area contributed by atoms with Crippen LogP contribution < -0.4 is 14.9 Å². The molecule has 0 amide bonds. The highest BCUT2D eigenvalue weighted by atomic mass is 16.7. The minimum atomic E-state index is -0.792. The van der Waals surface area contributed by atoms with Crippen LogP contribution >= 0.6 is 0 Å². The van der Waals surface area contributed by atoms with E-state index in [1.807, 2.05) is 42.5 Å². The third kappa shape index (κ3) is 2.13. The van der Waals surface area contributed by atoms with Gasteiger partial charge in [-0.3, -0.25) is 0 Å². The van der Waals surface area contributed by atoms with E-state index in [4.69, 9.17) is 9.47 Å². The smallest absolute Gasteiger partial charge is 0.454 e. The Bertz CT molecular complexity index is 706. The van der Waals surface area contributed by atoms with E-state index in [0.29, 0.717) is 18.0 Å². The molecule has 0 atom stereocenters. The Labute approximate surface area is 122 Å². The number of nitrogens with zero attached hydrogens (tertiary/aromatic N) is 2. The molecule has 0 aromatic heterocycles. The summed E-state index contributed by atoms with van der Waals surface area (Å²) in [5, 5.41) is 14.9. The van der Waals surface area contributed by atoms with Crippen LogP contribution in [0.1, 0.15) is 11.1 Å². The zero-order valence-corrected chi connectivity index (χ0v) is 11.3. The Morgan fingerprint density at radius 2 is 1.90 bits per heavy atom. The Balaban J connectivity index is 1.64. The lowest BCUT2D eigenvalue weighted by Gasteiger charge is -2.26. The number of hydrogen-bond acceptors (Lipinski definition) is 5. The highest BCUT2D eigenvalue weighted by molar-refractivity contribution is 6.65. The van der Waals surface area contributed by atoms with Crippen LogP contribution in [-0.2, 0) is 6.54 Å². The van der Waals surface area contributed by atoms with Crippen molar-refractivity contribution in [2.24, 2.45) is 5.10 Å². The summed E-state index contributed by atoms with van der Waals surface area (Å²) in [5.74, 6) is 1.37. The largest absolute Gasteiger partial charge is 0.467 e. The lowest BCUT2D eigenvalue weighted by Crippen LogP contribution is -2.49. The van der Waals surface area contributed by atoms with Gasteiger partial charge in [0.15, 0.2) is 11.5 Å². The van der Waals surface area contributed by atoms with E-state index in [0.717, 1.165) is 16.6 Å². The molecule has 0 saturated carbocycles. The van der Waals surface area contributed by atoms with Crippen LogP contribution in [0.3, 0.4) is 0 Å². The fourth-order valence-electron chi connectivity index (χ4n) is 2.57. The maximum atomic E-state index is 10.5. The van der Waals surface area contributed by atoms with E-state index >= 15 is 0 Å². The number of benzene rings is 2. The lowest BCUT2D eigenvalue weighted by molar-refractivity contribution is 0.174. The summed E-state index contributed by atoms with van der Waals surface area (Å²) in [6.45, 7) is 0.769. The quantitative estimate of drug-likeness (QED) is 0.832. The molecule has 2 aromatic carbocycles. The summed E-state index contributed by atoms with van der Waals surface area (Å²) in [6.07, 6.45) is 1.74. The standard InChI is InChI=1S/C15H13BN2O3/c19-16-13-7-15-14(20-10-21-15)6-12(13)8-17-18(16)9-11-4-2-1-3-5-11/h1-8,19H,9-10H2. The molecule has 21 heavy (non-hydrogen) atoms. The average molecular weight is 280 g/mol. The fourth-order valence-corrected chi connectivity index (χ4v) is 2.57. The second-order valence-corrected chi connectivity index (χ2v) is 5.04. The van der Waals surface area contributed by atoms with Crippen molar-refractivity contribution in [3.05, 3.63) is 53.6 Å². The second-order valence-electron chi connectivity index (χ2n) is 5.04. The van der Waals surface area contributed by atoms with Crippen LogP contribution in [0.2, 0.25) is 0 Å². The van der Waals surface area contributed by atoms with Crippen LogP contribution in [0.15, 0.2) is 47.6 Å². The van der Waals surface area contributed by atoms with Gasteiger partial charge in [-0.1, -0.05) is 30.3 Å².